The van der Waals surface area contributed by atoms with Gasteiger partial charge in [0, 0.05) is 0 Å². The minimum Gasteiger partial charge on any atom is -0.393 e. The number of nitrogen functional groups attached to an aromatic ring is 2. The van der Waals surface area contributed by atoms with Crippen LogP contribution in [0.4, 0.5) is 22.5 Å². The fourth-order valence-corrected chi connectivity index (χ4v) is 2.66. The van der Waals surface area contributed by atoms with Crippen molar-refractivity contribution in [2.24, 2.45) is 0 Å². The van der Waals surface area contributed by atoms with Gasteiger partial charge >= 0.3 is 0 Å². The highest BCUT2D eigenvalue weighted by molar-refractivity contribution is 7.22. The summed E-state index contributed by atoms with van der Waals surface area (Å²) in [5, 5.41) is 3.80. The summed E-state index contributed by atoms with van der Waals surface area (Å²) in [5.74, 6) is 0.734. The molecule has 0 aliphatic heterocycles. The summed E-state index contributed by atoms with van der Waals surface area (Å²) in [5.41, 5.74) is 13.9. The van der Waals surface area contributed by atoms with Crippen LogP contribution in [-0.4, -0.2) is 15.0 Å². The van der Waals surface area contributed by atoms with Crippen LogP contribution in [0.2, 0.25) is 0 Å². The number of benzene rings is 1. The molecule has 96 valence electrons. The lowest BCUT2D eigenvalue weighted by molar-refractivity contribution is 1.18. The third kappa shape index (κ3) is 2.15. The number of nitrogens with zero attached hydrogens (tertiary/aromatic N) is 3. The summed E-state index contributed by atoms with van der Waals surface area (Å²) < 4.78 is 1.11. The molecule has 3 rings (SSSR count). The Labute approximate surface area is 113 Å². The maximum absolute atomic E-state index is 5.81. The van der Waals surface area contributed by atoms with Crippen LogP contribution in [0, 0.1) is 6.92 Å². The second-order valence-electron chi connectivity index (χ2n) is 4.14. The minimum absolute atomic E-state index is 0.259. The number of rotatable bonds is 2. The van der Waals surface area contributed by atoms with Crippen molar-refractivity contribution in [1.82, 2.24) is 15.0 Å². The molecule has 2 heterocycles. The van der Waals surface area contributed by atoms with Gasteiger partial charge in [0.05, 0.1) is 10.2 Å². The molecule has 3 aromatic rings. The number of nitrogens with one attached hydrogen (secondary N) is 1. The Morgan fingerprint density at radius 1 is 1.21 bits per heavy atom. The van der Waals surface area contributed by atoms with Gasteiger partial charge in [-0.3, -0.25) is 0 Å². The monoisotopic (exact) mass is 272 g/mol. The van der Waals surface area contributed by atoms with Crippen molar-refractivity contribution in [2.45, 2.75) is 6.92 Å². The van der Waals surface area contributed by atoms with Gasteiger partial charge in [-0.2, -0.15) is 0 Å². The number of hydrogen-bond acceptors (Lipinski definition) is 7. The van der Waals surface area contributed by atoms with Gasteiger partial charge in [0.2, 0.25) is 0 Å². The zero-order valence-electron chi connectivity index (χ0n) is 10.2. The Kier molecular flexibility index (Phi) is 2.68. The van der Waals surface area contributed by atoms with E-state index in [4.69, 9.17) is 11.5 Å². The van der Waals surface area contributed by atoms with E-state index in [0.717, 1.165) is 15.3 Å². The van der Waals surface area contributed by atoms with E-state index in [2.05, 4.69) is 33.3 Å². The zero-order valence-corrected chi connectivity index (χ0v) is 11.0. The second-order valence-corrected chi connectivity index (χ2v) is 5.17. The van der Waals surface area contributed by atoms with Gasteiger partial charge in [-0.25, -0.2) is 15.0 Å². The van der Waals surface area contributed by atoms with Gasteiger partial charge in [-0.05, 0) is 24.6 Å². The summed E-state index contributed by atoms with van der Waals surface area (Å²) >= 11 is 1.54. The maximum atomic E-state index is 5.81. The van der Waals surface area contributed by atoms with Crippen LogP contribution in [0.15, 0.2) is 24.5 Å². The predicted octanol–water partition coefficient (Wildman–Crippen LogP) is 2.30. The van der Waals surface area contributed by atoms with Crippen LogP contribution in [0.5, 0.6) is 0 Å². The SMILES string of the molecule is Cc1ccc2nc(Nc3ncnc(N)c3N)sc2c1. The quantitative estimate of drug-likeness (QED) is 0.661. The highest BCUT2D eigenvalue weighted by Crippen LogP contribution is 2.30. The molecule has 0 saturated carbocycles. The lowest BCUT2D eigenvalue weighted by atomic mass is 10.2. The Bertz CT molecular complexity index is 751. The Morgan fingerprint density at radius 2 is 2.05 bits per heavy atom. The molecule has 0 bridgehead atoms. The van der Waals surface area contributed by atoms with Crippen molar-refractivity contribution in [3.8, 4) is 0 Å². The van der Waals surface area contributed by atoms with Crippen LogP contribution in [0.25, 0.3) is 10.2 Å². The molecule has 0 aliphatic rings. The maximum Gasteiger partial charge on any atom is 0.189 e. The standard InChI is InChI=1S/C12H12N6S/c1-6-2-3-7-8(4-6)19-12(17-7)18-11-9(13)10(14)15-5-16-11/h2-5H,13H2,1H3,(H3,14,15,16,17,18). The van der Waals surface area contributed by atoms with E-state index < -0.39 is 0 Å². The largest absolute Gasteiger partial charge is 0.393 e. The van der Waals surface area contributed by atoms with Crippen molar-refractivity contribution < 1.29 is 0 Å². The summed E-state index contributed by atoms with van der Waals surface area (Å²) in [6.07, 6.45) is 1.37. The molecule has 0 amide bonds. The lowest BCUT2D eigenvalue weighted by Gasteiger charge is -2.05. The van der Waals surface area contributed by atoms with Crippen molar-refractivity contribution in [1.29, 1.82) is 0 Å². The number of nitrogens with two attached hydrogens (primary N) is 2. The average molecular weight is 272 g/mol. The Morgan fingerprint density at radius 3 is 2.89 bits per heavy atom. The number of fused-ring (bicyclic) bond motifs is 1. The first-order valence-electron chi connectivity index (χ1n) is 5.63. The summed E-state index contributed by atoms with van der Waals surface area (Å²) in [6.45, 7) is 2.05. The second kappa shape index (κ2) is 4.36. The van der Waals surface area contributed by atoms with Gasteiger partial charge in [-0.15, -0.1) is 0 Å². The highest BCUT2D eigenvalue weighted by Gasteiger charge is 2.09. The summed E-state index contributed by atoms with van der Waals surface area (Å²) in [4.78, 5) is 12.4. The number of aromatic nitrogens is 3. The molecule has 0 radical (unpaired) electrons. The van der Waals surface area contributed by atoms with E-state index in [1.165, 1.54) is 11.9 Å². The van der Waals surface area contributed by atoms with Gasteiger partial charge in [0.1, 0.15) is 12.0 Å². The third-order valence-electron chi connectivity index (χ3n) is 2.68. The first kappa shape index (κ1) is 11.7. The van der Waals surface area contributed by atoms with Gasteiger partial charge in [0.15, 0.2) is 16.8 Å². The van der Waals surface area contributed by atoms with Crippen LogP contribution in [-0.2, 0) is 0 Å². The first-order chi connectivity index (χ1) is 9.13. The fraction of sp³-hybridized carbons (Fsp3) is 0.0833. The van der Waals surface area contributed by atoms with Crippen molar-refractivity contribution >= 4 is 44.0 Å². The van der Waals surface area contributed by atoms with Crippen molar-refractivity contribution in [2.75, 3.05) is 16.8 Å². The molecule has 19 heavy (non-hydrogen) atoms. The van der Waals surface area contributed by atoms with Crippen LogP contribution < -0.4 is 16.8 Å². The van der Waals surface area contributed by atoms with Crippen molar-refractivity contribution in [3.63, 3.8) is 0 Å². The lowest BCUT2D eigenvalue weighted by Crippen LogP contribution is -2.04. The van der Waals surface area contributed by atoms with Crippen molar-refractivity contribution in [3.05, 3.63) is 30.1 Å². The molecule has 0 spiro atoms. The highest BCUT2D eigenvalue weighted by atomic mass is 32.1. The molecular formula is C12H12N6S. The molecular weight excluding hydrogens is 260 g/mol. The number of aryl methyl sites for hydroxylation is 1. The average Bonchev–Trinajstić information content (AvgIpc) is 2.76. The van der Waals surface area contributed by atoms with Gasteiger partial charge < -0.3 is 16.8 Å². The Hall–Kier alpha value is -2.41. The minimum atomic E-state index is 0.259. The number of thiazole rings is 1. The summed E-state index contributed by atoms with van der Waals surface area (Å²) in [6, 6.07) is 6.11. The number of anilines is 4. The van der Waals surface area contributed by atoms with E-state index in [9.17, 15) is 0 Å². The van der Waals surface area contributed by atoms with Crippen LogP contribution in [0.3, 0.4) is 0 Å². The molecule has 7 heteroatoms. The van der Waals surface area contributed by atoms with Gasteiger partial charge in [-0.1, -0.05) is 17.4 Å². The van der Waals surface area contributed by atoms with E-state index in [0.29, 0.717) is 11.5 Å². The molecule has 0 unspecified atom stereocenters. The Balaban J connectivity index is 1.99. The zero-order chi connectivity index (χ0) is 13.4. The van der Waals surface area contributed by atoms with Crippen LogP contribution >= 0.6 is 11.3 Å². The molecule has 6 nitrogen and oxygen atoms in total. The summed E-state index contributed by atoms with van der Waals surface area (Å²) in [7, 11) is 0. The van der Waals surface area contributed by atoms with E-state index in [-0.39, 0.29) is 5.82 Å². The van der Waals surface area contributed by atoms with E-state index in [1.54, 1.807) is 11.3 Å². The third-order valence-corrected chi connectivity index (χ3v) is 3.62. The molecule has 5 N–H and O–H groups in total. The van der Waals surface area contributed by atoms with Gasteiger partial charge in [0.25, 0.3) is 0 Å². The molecule has 0 saturated heterocycles. The number of hydrogen-bond donors (Lipinski definition) is 3. The van der Waals surface area contributed by atoms with Crippen LogP contribution in [0.1, 0.15) is 5.56 Å². The molecule has 0 fully saturated rings. The van der Waals surface area contributed by atoms with E-state index >= 15 is 0 Å². The molecule has 2 aromatic heterocycles. The molecule has 1 aromatic carbocycles. The normalized spacial score (nSPS) is 10.8. The fourth-order valence-electron chi connectivity index (χ4n) is 1.70. The molecule has 0 atom stereocenters. The van der Waals surface area contributed by atoms with E-state index in [1.807, 2.05) is 12.1 Å². The topological polar surface area (TPSA) is 103 Å². The smallest absolute Gasteiger partial charge is 0.189 e. The predicted molar refractivity (Wildman–Crippen MR) is 78.5 cm³/mol. The molecule has 0 aliphatic carbocycles. The first-order valence-corrected chi connectivity index (χ1v) is 6.45.